The average molecular weight is 484 g/mol. The van der Waals surface area contributed by atoms with Gasteiger partial charge in [-0.15, -0.1) is 10.2 Å². The lowest BCUT2D eigenvalue weighted by Crippen LogP contribution is -2.32. The van der Waals surface area contributed by atoms with Crippen LogP contribution in [0.25, 0.3) is 0 Å². The number of hydrogen-bond donors (Lipinski definition) is 3. The van der Waals surface area contributed by atoms with Crippen LogP contribution in [0, 0.1) is 13.8 Å². The van der Waals surface area contributed by atoms with Crippen molar-refractivity contribution < 1.29 is 19.4 Å². The van der Waals surface area contributed by atoms with Crippen molar-refractivity contribution in [2.75, 3.05) is 24.8 Å². The molecule has 0 saturated heterocycles. The van der Waals surface area contributed by atoms with Gasteiger partial charge in [-0.25, -0.2) is 0 Å². The van der Waals surface area contributed by atoms with Crippen LogP contribution in [0.5, 0.6) is 5.75 Å². The van der Waals surface area contributed by atoms with Crippen LogP contribution in [0.3, 0.4) is 0 Å². The summed E-state index contributed by atoms with van der Waals surface area (Å²) < 4.78 is 6.89. The van der Waals surface area contributed by atoms with E-state index in [1.54, 1.807) is 35.9 Å². The molecule has 1 aromatic heterocycles. The van der Waals surface area contributed by atoms with Crippen molar-refractivity contribution >= 4 is 29.3 Å². The molecule has 3 aromatic rings. The first-order valence-corrected chi connectivity index (χ1v) is 11.8. The first-order chi connectivity index (χ1) is 16.3. The summed E-state index contributed by atoms with van der Waals surface area (Å²) in [5, 5.41) is 24.5. The molecule has 1 heterocycles. The highest BCUT2D eigenvalue weighted by molar-refractivity contribution is 7.99. The smallest absolute Gasteiger partial charge is 0.251 e. The molecule has 0 radical (unpaired) electrons. The van der Waals surface area contributed by atoms with Crippen LogP contribution in [0.1, 0.15) is 40.3 Å². The Balaban J connectivity index is 1.66. The molecule has 0 aliphatic rings. The molecule has 0 aliphatic heterocycles. The largest absolute Gasteiger partial charge is 0.497 e. The second-order valence-corrected chi connectivity index (χ2v) is 8.68. The number of benzene rings is 2. The summed E-state index contributed by atoms with van der Waals surface area (Å²) >= 11 is 1.24. The van der Waals surface area contributed by atoms with Gasteiger partial charge in [-0.1, -0.05) is 17.8 Å². The van der Waals surface area contributed by atoms with Crippen molar-refractivity contribution in [1.29, 1.82) is 0 Å². The fraction of sp³-hybridized carbons (Fsp3) is 0.333. The number of ether oxygens (including phenoxy) is 1. The fourth-order valence-electron chi connectivity index (χ4n) is 3.51. The molecule has 0 spiro atoms. The number of thioether (sulfide) groups is 1. The molecule has 180 valence electrons. The van der Waals surface area contributed by atoms with Gasteiger partial charge in [0.05, 0.1) is 19.5 Å². The van der Waals surface area contributed by atoms with Crippen molar-refractivity contribution in [2.45, 2.75) is 38.5 Å². The van der Waals surface area contributed by atoms with Gasteiger partial charge in [-0.3, -0.25) is 9.59 Å². The van der Waals surface area contributed by atoms with Gasteiger partial charge in [0.15, 0.2) is 11.0 Å². The van der Waals surface area contributed by atoms with Crippen LogP contribution in [0.15, 0.2) is 47.6 Å². The molecule has 34 heavy (non-hydrogen) atoms. The maximum atomic E-state index is 12.7. The minimum absolute atomic E-state index is 0.146. The summed E-state index contributed by atoms with van der Waals surface area (Å²) in [6.45, 7) is 6.03. The summed E-state index contributed by atoms with van der Waals surface area (Å²) in [4.78, 5) is 25.1. The third-order valence-corrected chi connectivity index (χ3v) is 6.02. The van der Waals surface area contributed by atoms with Gasteiger partial charge in [-0.05, 0) is 68.3 Å². The zero-order chi connectivity index (χ0) is 24.7. The maximum Gasteiger partial charge on any atom is 0.251 e. The van der Waals surface area contributed by atoms with Gasteiger partial charge in [-0.2, -0.15) is 0 Å². The molecule has 2 aromatic carbocycles. The monoisotopic (exact) mass is 483 g/mol. The topological polar surface area (TPSA) is 118 Å². The minimum Gasteiger partial charge on any atom is -0.497 e. The Morgan fingerprint density at radius 2 is 1.79 bits per heavy atom. The number of aryl methyl sites for hydroxylation is 2. The third kappa shape index (κ3) is 6.36. The normalized spacial score (nSPS) is 11.7. The van der Waals surface area contributed by atoms with Crippen molar-refractivity contribution in [3.63, 3.8) is 0 Å². The molecule has 10 heteroatoms. The maximum absolute atomic E-state index is 12.7. The number of aliphatic hydroxyl groups excluding tert-OH is 1. The highest BCUT2D eigenvalue weighted by Gasteiger charge is 2.23. The predicted octanol–water partition coefficient (Wildman–Crippen LogP) is 3.12. The molecule has 9 nitrogen and oxygen atoms in total. The van der Waals surface area contributed by atoms with Crippen LogP contribution in [0.4, 0.5) is 5.69 Å². The van der Waals surface area contributed by atoms with Crippen molar-refractivity contribution in [3.05, 3.63) is 65.0 Å². The SMILES string of the molecule is CCn1c(SCC(=O)Nc2cc(C)cc(C)c2)nnc1C(CO)NC(=O)c1ccc(OC)cc1. The van der Waals surface area contributed by atoms with Crippen molar-refractivity contribution in [3.8, 4) is 5.75 Å². The zero-order valence-corrected chi connectivity index (χ0v) is 20.5. The van der Waals surface area contributed by atoms with Gasteiger partial charge in [0.25, 0.3) is 5.91 Å². The molecular weight excluding hydrogens is 454 g/mol. The number of carbonyl (C=O) groups excluding carboxylic acids is 2. The first-order valence-electron chi connectivity index (χ1n) is 10.8. The molecule has 1 atom stereocenters. The Bertz CT molecular complexity index is 1130. The number of amides is 2. The van der Waals surface area contributed by atoms with E-state index in [1.807, 2.05) is 39.0 Å². The molecule has 0 fully saturated rings. The van der Waals surface area contributed by atoms with Gasteiger partial charge in [0.1, 0.15) is 11.8 Å². The zero-order valence-electron chi connectivity index (χ0n) is 19.7. The molecule has 3 N–H and O–H groups in total. The van der Waals surface area contributed by atoms with E-state index in [0.717, 1.165) is 16.8 Å². The molecular formula is C24H29N5O4S. The number of carbonyl (C=O) groups is 2. The van der Waals surface area contributed by atoms with Crippen molar-refractivity contribution in [2.24, 2.45) is 0 Å². The second kappa shape index (κ2) is 11.7. The Kier molecular flexibility index (Phi) is 8.67. The lowest BCUT2D eigenvalue weighted by molar-refractivity contribution is -0.113. The van der Waals surface area contributed by atoms with Gasteiger partial charge >= 0.3 is 0 Å². The summed E-state index contributed by atoms with van der Waals surface area (Å²) in [6.07, 6.45) is 0. The Labute approximate surface area is 202 Å². The molecule has 0 saturated carbocycles. The van der Waals surface area contributed by atoms with E-state index in [4.69, 9.17) is 4.74 Å². The number of aromatic nitrogens is 3. The van der Waals surface area contributed by atoms with E-state index in [0.29, 0.717) is 28.8 Å². The van der Waals surface area contributed by atoms with Crippen LogP contribution in [0.2, 0.25) is 0 Å². The van der Waals surface area contributed by atoms with Gasteiger partial charge in [0.2, 0.25) is 5.91 Å². The number of nitrogens with one attached hydrogen (secondary N) is 2. The Morgan fingerprint density at radius 3 is 2.38 bits per heavy atom. The molecule has 0 bridgehead atoms. The fourth-order valence-corrected chi connectivity index (χ4v) is 4.32. The third-order valence-electron chi connectivity index (χ3n) is 5.05. The highest BCUT2D eigenvalue weighted by Crippen LogP contribution is 2.22. The summed E-state index contributed by atoms with van der Waals surface area (Å²) in [6, 6.07) is 11.8. The number of hydrogen-bond acceptors (Lipinski definition) is 7. The van der Waals surface area contributed by atoms with Crippen LogP contribution >= 0.6 is 11.8 Å². The molecule has 0 aliphatic carbocycles. The number of methoxy groups -OCH3 is 1. The standard InChI is InChI=1S/C24H29N5O4S/c1-5-29-22(20(13-30)26-23(32)17-6-8-19(33-4)9-7-17)27-28-24(29)34-14-21(31)25-18-11-15(2)10-16(3)12-18/h6-12,20,30H,5,13-14H2,1-4H3,(H,25,31)(H,26,32). The van der Waals surface area contributed by atoms with E-state index >= 15 is 0 Å². The van der Waals surface area contributed by atoms with Crippen LogP contribution in [-0.4, -0.2) is 51.2 Å². The lowest BCUT2D eigenvalue weighted by atomic mass is 10.1. The van der Waals surface area contributed by atoms with E-state index in [2.05, 4.69) is 20.8 Å². The Morgan fingerprint density at radius 1 is 1.12 bits per heavy atom. The number of aliphatic hydroxyl groups is 1. The quantitative estimate of drug-likeness (QED) is 0.379. The van der Waals surface area contributed by atoms with Crippen molar-refractivity contribution in [1.82, 2.24) is 20.1 Å². The van der Waals surface area contributed by atoms with Gasteiger partial charge < -0.3 is 25.0 Å². The first kappa shape index (κ1) is 25.3. The summed E-state index contributed by atoms with van der Waals surface area (Å²) in [5.74, 6) is 0.698. The number of nitrogens with zero attached hydrogens (tertiary/aromatic N) is 3. The van der Waals surface area contributed by atoms with E-state index in [-0.39, 0.29) is 24.2 Å². The summed E-state index contributed by atoms with van der Waals surface area (Å²) in [7, 11) is 1.55. The van der Waals surface area contributed by atoms with E-state index < -0.39 is 6.04 Å². The Hall–Kier alpha value is -3.37. The molecule has 3 rings (SSSR count). The van der Waals surface area contributed by atoms with E-state index in [1.165, 1.54) is 11.8 Å². The number of anilines is 1. The van der Waals surface area contributed by atoms with Gasteiger partial charge in [0, 0.05) is 17.8 Å². The predicted molar refractivity (Wildman–Crippen MR) is 131 cm³/mol. The lowest BCUT2D eigenvalue weighted by Gasteiger charge is -2.17. The van der Waals surface area contributed by atoms with Crippen LogP contribution < -0.4 is 15.4 Å². The second-order valence-electron chi connectivity index (χ2n) is 7.74. The van der Waals surface area contributed by atoms with Crippen LogP contribution in [-0.2, 0) is 11.3 Å². The van der Waals surface area contributed by atoms with E-state index in [9.17, 15) is 14.7 Å². The minimum atomic E-state index is -0.750. The number of rotatable bonds is 10. The molecule has 1 unspecified atom stereocenters. The highest BCUT2D eigenvalue weighted by atomic mass is 32.2. The summed E-state index contributed by atoms with van der Waals surface area (Å²) in [5.41, 5.74) is 3.33. The average Bonchev–Trinajstić information content (AvgIpc) is 3.23. The molecule has 2 amide bonds.